The second kappa shape index (κ2) is 5.58. The Morgan fingerprint density at radius 1 is 1.73 bits per heavy atom. The molecule has 84 valence electrons. The van der Waals surface area contributed by atoms with E-state index in [2.05, 4.69) is 17.2 Å². The highest BCUT2D eigenvalue weighted by molar-refractivity contribution is 7.09. The van der Waals surface area contributed by atoms with Crippen molar-refractivity contribution in [3.63, 3.8) is 0 Å². The predicted molar refractivity (Wildman–Crippen MR) is 62.1 cm³/mol. The molecule has 2 atom stereocenters. The SMILES string of the molecule is CC(NCCC1CCOC1)c1cncs1. The number of rotatable bonds is 5. The molecule has 0 bridgehead atoms. The van der Waals surface area contributed by atoms with Gasteiger partial charge in [-0.2, -0.15) is 0 Å². The van der Waals surface area contributed by atoms with Crippen molar-refractivity contribution in [1.82, 2.24) is 10.3 Å². The molecule has 1 fully saturated rings. The summed E-state index contributed by atoms with van der Waals surface area (Å²) in [7, 11) is 0. The first-order valence-corrected chi connectivity index (χ1v) is 6.43. The van der Waals surface area contributed by atoms with Gasteiger partial charge >= 0.3 is 0 Å². The molecule has 1 saturated heterocycles. The van der Waals surface area contributed by atoms with Gasteiger partial charge in [-0.1, -0.05) is 0 Å². The summed E-state index contributed by atoms with van der Waals surface area (Å²) in [4.78, 5) is 5.40. The summed E-state index contributed by atoms with van der Waals surface area (Å²) < 4.78 is 5.35. The Hall–Kier alpha value is -0.450. The summed E-state index contributed by atoms with van der Waals surface area (Å²) in [5, 5.41) is 3.53. The van der Waals surface area contributed by atoms with Gasteiger partial charge in [-0.3, -0.25) is 4.98 Å². The van der Waals surface area contributed by atoms with Gasteiger partial charge in [-0.15, -0.1) is 11.3 Å². The Morgan fingerprint density at radius 2 is 2.67 bits per heavy atom. The van der Waals surface area contributed by atoms with Crippen molar-refractivity contribution >= 4 is 11.3 Å². The van der Waals surface area contributed by atoms with Crippen LogP contribution in [0.25, 0.3) is 0 Å². The molecule has 1 aromatic rings. The molecule has 1 aliphatic heterocycles. The minimum Gasteiger partial charge on any atom is -0.381 e. The van der Waals surface area contributed by atoms with Crippen LogP contribution >= 0.6 is 11.3 Å². The van der Waals surface area contributed by atoms with Crippen LogP contribution in [0.1, 0.15) is 30.7 Å². The average Bonchev–Trinajstić information content (AvgIpc) is 2.90. The number of aromatic nitrogens is 1. The Labute approximate surface area is 94.9 Å². The highest BCUT2D eigenvalue weighted by Crippen LogP contribution is 2.18. The molecule has 1 N–H and O–H groups in total. The van der Waals surface area contributed by atoms with Crippen LogP contribution < -0.4 is 5.32 Å². The van der Waals surface area contributed by atoms with Crippen LogP contribution in [0.15, 0.2) is 11.7 Å². The van der Waals surface area contributed by atoms with E-state index in [-0.39, 0.29) is 0 Å². The van der Waals surface area contributed by atoms with Crippen molar-refractivity contribution in [2.75, 3.05) is 19.8 Å². The molecule has 0 amide bonds. The minimum absolute atomic E-state index is 0.430. The molecule has 2 heterocycles. The van der Waals surface area contributed by atoms with E-state index in [0.29, 0.717) is 6.04 Å². The summed E-state index contributed by atoms with van der Waals surface area (Å²) >= 11 is 1.72. The number of thiazole rings is 1. The Balaban J connectivity index is 1.65. The molecule has 4 heteroatoms. The fraction of sp³-hybridized carbons (Fsp3) is 0.727. The van der Waals surface area contributed by atoms with Crippen LogP contribution in [-0.4, -0.2) is 24.7 Å². The monoisotopic (exact) mass is 226 g/mol. The third-order valence-corrected chi connectivity index (χ3v) is 3.86. The highest BCUT2D eigenvalue weighted by Gasteiger charge is 2.15. The van der Waals surface area contributed by atoms with Gasteiger partial charge < -0.3 is 10.1 Å². The van der Waals surface area contributed by atoms with Gasteiger partial charge in [0, 0.05) is 30.3 Å². The predicted octanol–water partition coefficient (Wildman–Crippen LogP) is 2.22. The summed E-state index contributed by atoms with van der Waals surface area (Å²) in [5.74, 6) is 0.770. The van der Waals surface area contributed by atoms with Crippen molar-refractivity contribution in [3.05, 3.63) is 16.6 Å². The van der Waals surface area contributed by atoms with Crippen LogP contribution in [-0.2, 0) is 4.74 Å². The molecular formula is C11H18N2OS. The molecule has 2 unspecified atom stereocenters. The van der Waals surface area contributed by atoms with Gasteiger partial charge in [-0.25, -0.2) is 0 Å². The number of hydrogen-bond donors (Lipinski definition) is 1. The summed E-state index contributed by atoms with van der Waals surface area (Å²) in [6.07, 6.45) is 4.40. The van der Waals surface area contributed by atoms with E-state index in [0.717, 1.165) is 25.7 Å². The fourth-order valence-corrected chi connectivity index (χ4v) is 2.51. The molecule has 15 heavy (non-hydrogen) atoms. The molecule has 3 nitrogen and oxygen atoms in total. The molecule has 0 radical (unpaired) electrons. The quantitative estimate of drug-likeness (QED) is 0.836. The van der Waals surface area contributed by atoms with Crippen molar-refractivity contribution in [2.45, 2.75) is 25.8 Å². The molecule has 2 rings (SSSR count). The lowest BCUT2D eigenvalue weighted by atomic mass is 10.1. The smallest absolute Gasteiger partial charge is 0.0794 e. The first-order chi connectivity index (χ1) is 7.36. The van der Waals surface area contributed by atoms with Gasteiger partial charge in [0.2, 0.25) is 0 Å². The van der Waals surface area contributed by atoms with Crippen LogP contribution in [0.2, 0.25) is 0 Å². The lowest BCUT2D eigenvalue weighted by molar-refractivity contribution is 0.184. The van der Waals surface area contributed by atoms with Gasteiger partial charge in [0.25, 0.3) is 0 Å². The first-order valence-electron chi connectivity index (χ1n) is 5.56. The average molecular weight is 226 g/mol. The van der Waals surface area contributed by atoms with Crippen molar-refractivity contribution in [3.8, 4) is 0 Å². The first kappa shape index (κ1) is 11.0. The van der Waals surface area contributed by atoms with E-state index in [1.807, 2.05) is 11.7 Å². The highest BCUT2D eigenvalue weighted by atomic mass is 32.1. The number of ether oxygens (including phenoxy) is 1. The van der Waals surface area contributed by atoms with Crippen LogP contribution in [0.4, 0.5) is 0 Å². The third kappa shape index (κ3) is 3.26. The van der Waals surface area contributed by atoms with Crippen molar-refractivity contribution in [1.29, 1.82) is 0 Å². The van der Waals surface area contributed by atoms with Gasteiger partial charge in [0.15, 0.2) is 0 Å². The van der Waals surface area contributed by atoms with Crippen molar-refractivity contribution < 1.29 is 4.74 Å². The fourth-order valence-electron chi connectivity index (χ4n) is 1.86. The summed E-state index contributed by atoms with van der Waals surface area (Å²) in [6.45, 7) is 5.18. The number of nitrogens with zero attached hydrogens (tertiary/aromatic N) is 1. The maximum absolute atomic E-state index is 5.35. The lowest BCUT2D eigenvalue weighted by Gasteiger charge is -2.13. The maximum Gasteiger partial charge on any atom is 0.0794 e. The van der Waals surface area contributed by atoms with Crippen LogP contribution in [0, 0.1) is 5.92 Å². The van der Waals surface area contributed by atoms with Crippen LogP contribution in [0.3, 0.4) is 0 Å². The zero-order valence-corrected chi connectivity index (χ0v) is 9.93. The second-order valence-electron chi connectivity index (χ2n) is 4.10. The molecule has 0 aliphatic carbocycles. The van der Waals surface area contributed by atoms with Crippen LogP contribution in [0.5, 0.6) is 0 Å². The lowest BCUT2D eigenvalue weighted by Crippen LogP contribution is -2.21. The van der Waals surface area contributed by atoms with E-state index in [1.54, 1.807) is 11.3 Å². The zero-order chi connectivity index (χ0) is 10.5. The second-order valence-corrected chi connectivity index (χ2v) is 5.02. The molecule has 0 spiro atoms. The third-order valence-electron chi connectivity index (χ3n) is 2.91. The molecule has 1 aromatic heterocycles. The molecular weight excluding hydrogens is 208 g/mol. The summed E-state index contributed by atoms with van der Waals surface area (Å²) in [5.41, 5.74) is 1.89. The Bertz CT molecular complexity index is 270. The molecule has 0 saturated carbocycles. The number of hydrogen-bond acceptors (Lipinski definition) is 4. The normalized spacial score (nSPS) is 23.1. The molecule has 1 aliphatic rings. The van der Waals surface area contributed by atoms with E-state index in [9.17, 15) is 0 Å². The van der Waals surface area contributed by atoms with Gasteiger partial charge in [0.1, 0.15) is 0 Å². The summed E-state index contributed by atoms with van der Waals surface area (Å²) in [6, 6.07) is 0.430. The van der Waals surface area contributed by atoms with Gasteiger partial charge in [0.05, 0.1) is 5.51 Å². The topological polar surface area (TPSA) is 34.1 Å². The Morgan fingerprint density at radius 3 is 3.33 bits per heavy atom. The van der Waals surface area contributed by atoms with E-state index >= 15 is 0 Å². The Kier molecular flexibility index (Phi) is 4.11. The van der Waals surface area contributed by atoms with Gasteiger partial charge in [-0.05, 0) is 32.2 Å². The zero-order valence-electron chi connectivity index (χ0n) is 9.11. The number of nitrogens with one attached hydrogen (secondary N) is 1. The maximum atomic E-state index is 5.35. The van der Waals surface area contributed by atoms with Crippen molar-refractivity contribution in [2.24, 2.45) is 5.92 Å². The largest absolute Gasteiger partial charge is 0.381 e. The minimum atomic E-state index is 0.430. The molecule has 0 aromatic carbocycles. The van der Waals surface area contributed by atoms with E-state index in [1.165, 1.54) is 17.7 Å². The standard InChI is InChI=1S/C11H18N2OS/c1-9(11-6-12-8-15-11)13-4-2-10-3-5-14-7-10/h6,8-10,13H,2-5,7H2,1H3. The van der Waals surface area contributed by atoms with E-state index in [4.69, 9.17) is 4.74 Å². The van der Waals surface area contributed by atoms with E-state index < -0.39 is 0 Å².